The van der Waals surface area contributed by atoms with Crippen LogP contribution in [0.15, 0.2) is 4.99 Å². The summed E-state index contributed by atoms with van der Waals surface area (Å²) in [4.78, 5) is 12.8. The first-order chi connectivity index (χ1) is 11.4. The molecule has 25 heavy (non-hydrogen) atoms. The Morgan fingerprint density at radius 3 is 2.24 bits per heavy atom. The summed E-state index contributed by atoms with van der Waals surface area (Å²) < 4.78 is 0. The Hall–Kier alpha value is -0.410. The van der Waals surface area contributed by atoms with E-state index in [4.69, 9.17) is 0 Å². The van der Waals surface area contributed by atoms with Gasteiger partial charge < -0.3 is 10.6 Å². The van der Waals surface area contributed by atoms with Crippen molar-refractivity contribution in [3.8, 4) is 0 Å². The quantitative estimate of drug-likeness (QED) is 0.322. The van der Waals surface area contributed by atoms with Crippen LogP contribution < -0.4 is 10.6 Å². The highest BCUT2D eigenvalue weighted by atomic mass is 127. The van der Waals surface area contributed by atoms with E-state index in [1.54, 1.807) is 0 Å². The SMILES string of the molecule is CCc1nc(CCNC(=NC)NCCN(C(C)C)C(C)C)sc1C.I. The molecular formula is C18H36IN5S. The number of aromatic nitrogens is 1. The fraction of sp³-hybridized carbons (Fsp3) is 0.778. The molecule has 1 aromatic rings. The van der Waals surface area contributed by atoms with Gasteiger partial charge in [0.05, 0.1) is 10.7 Å². The van der Waals surface area contributed by atoms with E-state index in [0.29, 0.717) is 12.1 Å². The maximum atomic E-state index is 4.69. The predicted molar refractivity (Wildman–Crippen MR) is 122 cm³/mol. The molecule has 0 spiro atoms. The normalized spacial score (nSPS) is 12.0. The van der Waals surface area contributed by atoms with Crippen molar-refractivity contribution in [3.05, 3.63) is 15.6 Å². The minimum atomic E-state index is 0. The fourth-order valence-corrected chi connectivity index (χ4v) is 3.87. The number of guanidine groups is 1. The second kappa shape index (κ2) is 12.9. The van der Waals surface area contributed by atoms with Crippen LogP contribution in [-0.2, 0) is 12.8 Å². The molecule has 0 saturated heterocycles. The smallest absolute Gasteiger partial charge is 0.191 e. The first kappa shape index (κ1) is 24.6. The Morgan fingerprint density at radius 1 is 1.16 bits per heavy atom. The molecule has 0 amide bonds. The number of thiazole rings is 1. The van der Waals surface area contributed by atoms with Crippen LogP contribution in [0.1, 0.15) is 50.2 Å². The molecule has 7 heteroatoms. The third kappa shape index (κ3) is 8.68. The maximum Gasteiger partial charge on any atom is 0.191 e. The van der Waals surface area contributed by atoms with Crippen LogP contribution in [0.5, 0.6) is 0 Å². The molecule has 0 aliphatic carbocycles. The molecule has 1 heterocycles. The van der Waals surface area contributed by atoms with E-state index in [2.05, 4.69) is 67.1 Å². The number of hydrogen-bond acceptors (Lipinski definition) is 4. The molecule has 0 unspecified atom stereocenters. The Labute approximate surface area is 175 Å². The van der Waals surface area contributed by atoms with Gasteiger partial charge in [-0.2, -0.15) is 0 Å². The van der Waals surface area contributed by atoms with Gasteiger partial charge in [0.2, 0.25) is 0 Å². The lowest BCUT2D eigenvalue weighted by Crippen LogP contribution is -2.45. The van der Waals surface area contributed by atoms with Crippen molar-refractivity contribution in [3.63, 3.8) is 0 Å². The second-order valence-corrected chi connectivity index (χ2v) is 7.85. The van der Waals surface area contributed by atoms with Crippen molar-refractivity contribution in [2.24, 2.45) is 4.99 Å². The zero-order valence-corrected chi connectivity index (χ0v) is 20.0. The van der Waals surface area contributed by atoms with Crippen LogP contribution in [-0.4, -0.2) is 54.6 Å². The lowest BCUT2D eigenvalue weighted by Gasteiger charge is -2.30. The fourth-order valence-electron chi connectivity index (χ4n) is 2.85. The Morgan fingerprint density at radius 2 is 1.76 bits per heavy atom. The zero-order chi connectivity index (χ0) is 18.1. The monoisotopic (exact) mass is 481 g/mol. The van der Waals surface area contributed by atoms with Crippen LogP contribution in [0, 0.1) is 6.92 Å². The van der Waals surface area contributed by atoms with Gasteiger partial charge in [-0.1, -0.05) is 6.92 Å². The van der Waals surface area contributed by atoms with Crippen molar-refractivity contribution in [1.29, 1.82) is 0 Å². The van der Waals surface area contributed by atoms with E-state index < -0.39 is 0 Å². The summed E-state index contributed by atoms with van der Waals surface area (Å²) in [6.45, 7) is 16.1. The first-order valence-electron chi connectivity index (χ1n) is 9.04. The molecule has 1 rings (SSSR count). The number of aryl methyl sites for hydroxylation is 2. The van der Waals surface area contributed by atoms with Crippen molar-refractivity contribution < 1.29 is 0 Å². The van der Waals surface area contributed by atoms with Crippen molar-refractivity contribution in [2.45, 2.75) is 66.5 Å². The highest BCUT2D eigenvalue weighted by molar-refractivity contribution is 14.0. The molecular weight excluding hydrogens is 445 g/mol. The molecule has 0 saturated carbocycles. The number of nitrogens with zero attached hydrogens (tertiary/aromatic N) is 3. The number of aliphatic imine (C=N–C) groups is 1. The molecule has 0 radical (unpaired) electrons. The van der Waals surface area contributed by atoms with Gasteiger partial charge in [0.25, 0.3) is 0 Å². The highest BCUT2D eigenvalue weighted by Crippen LogP contribution is 2.17. The summed E-state index contributed by atoms with van der Waals surface area (Å²) in [7, 11) is 1.82. The average molecular weight is 481 g/mol. The minimum absolute atomic E-state index is 0. The third-order valence-corrected chi connectivity index (χ3v) is 5.19. The standard InChI is InChI=1S/C18H35N5S.HI/c1-8-16-15(6)24-17(22-16)9-10-20-18(19-7)21-11-12-23(13(2)3)14(4)5;/h13-14H,8-12H2,1-7H3,(H2,19,20,21);1H. The van der Waals surface area contributed by atoms with E-state index in [-0.39, 0.29) is 24.0 Å². The molecule has 1 aromatic heterocycles. The average Bonchev–Trinajstić information content (AvgIpc) is 2.88. The van der Waals surface area contributed by atoms with Gasteiger partial charge in [-0.05, 0) is 41.0 Å². The molecule has 5 nitrogen and oxygen atoms in total. The summed E-state index contributed by atoms with van der Waals surface area (Å²) >= 11 is 1.81. The lowest BCUT2D eigenvalue weighted by molar-refractivity contribution is 0.178. The van der Waals surface area contributed by atoms with Crippen LogP contribution in [0.3, 0.4) is 0 Å². The Balaban J connectivity index is 0.00000576. The van der Waals surface area contributed by atoms with Crippen molar-refractivity contribution >= 4 is 41.3 Å². The second-order valence-electron chi connectivity index (χ2n) is 6.57. The van der Waals surface area contributed by atoms with E-state index in [1.165, 1.54) is 15.6 Å². The van der Waals surface area contributed by atoms with Gasteiger partial charge in [-0.25, -0.2) is 4.98 Å². The maximum absolute atomic E-state index is 4.69. The Bertz CT molecular complexity index is 506. The molecule has 0 aliphatic heterocycles. The molecule has 0 bridgehead atoms. The number of halogens is 1. The molecule has 0 aliphatic rings. The van der Waals surface area contributed by atoms with Crippen LogP contribution >= 0.6 is 35.3 Å². The summed E-state index contributed by atoms with van der Waals surface area (Å²) in [6, 6.07) is 1.12. The van der Waals surface area contributed by atoms with Crippen molar-refractivity contribution in [1.82, 2.24) is 20.5 Å². The van der Waals surface area contributed by atoms with Gasteiger partial charge in [0.1, 0.15) is 0 Å². The number of hydrogen-bond donors (Lipinski definition) is 2. The summed E-state index contributed by atoms with van der Waals surface area (Å²) in [5, 5.41) is 7.99. The van der Waals surface area contributed by atoms with Gasteiger partial charge >= 0.3 is 0 Å². The highest BCUT2D eigenvalue weighted by Gasteiger charge is 2.12. The van der Waals surface area contributed by atoms with Crippen LogP contribution in [0.25, 0.3) is 0 Å². The third-order valence-electron chi connectivity index (χ3n) is 4.12. The molecule has 0 atom stereocenters. The molecule has 2 N–H and O–H groups in total. The minimum Gasteiger partial charge on any atom is -0.356 e. The van der Waals surface area contributed by atoms with Gasteiger partial charge in [0, 0.05) is 50.1 Å². The largest absolute Gasteiger partial charge is 0.356 e. The van der Waals surface area contributed by atoms with E-state index in [1.807, 2.05) is 18.4 Å². The van der Waals surface area contributed by atoms with Gasteiger partial charge in [0.15, 0.2) is 5.96 Å². The summed E-state index contributed by atoms with van der Waals surface area (Å²) in [6.07, 6.45) is 1.96. The topological polar surface area (TPSA) is 52.6 Å². The van der Waals surface area contributed by atoms with E-state index in [0.717, 1.165) is 38.4 Å². The zero-order valence-electron chi connectivity index (χ0n) is 16.8. The lowest BCUT2D eigenvalue weighted by atomic mass is 10.2. The van der Waals surface area contributed by atoms with Crippen LogP contribution in [0.2, 0.25) is 0 Å². The Kier molecular flexibility index (Phi) is 12.7. The molecule has 0 aromatic carbocycles. The first-order valence-corrected chi connectivity index (χ1v) is 9.86. The van der Waals surface area contributed by atoms with Gasteiger partial charge in [-0.15, -0.1) is 35.3 Å². The number of nitrogens with one attached hydrogen (secondary N) is 2. The van der Waals surface area contributed by atoms with E-state index >= 15 is 0 Å². The molecule has 146 valence electrons. The van der Waals surface area contributed by atoms with Gasteiger partial charge in [-0.3, -0.25) is 9.89 Å². The van der Waals surface area contributed by atoms with Crippen LogP contribution in [0.4, 0.5) is 0 Å². The molecule has 0 fully saturated rings. The number of rotatable bonds is 9. The van der Waals surface area contributed by atoms with E-state index in [9.17, 15) is 0 Å². The predicted octanol–water partition coefficient (Wildman–Crippen LogP) is 3.46. The summed E-state index contributed by atoms with van der Waals surface area (Å²) in [5.74, 6) is 0.867. The summed E-state index contributed by atoms with van der Waals surface area (Å²) in [5.41, 5.74) is 1.24. The van der Waals surface area contributed by atoms with Crippen molar-refractivity contribution in [2.75, 3.05) is 26.7 Å².